The first-order valence-corrected chi connectivity index (χ1v) is 9.48. The van der Waals surface area contributed by atoms with Crippen LogP contribution in [0.1, 0.15) is 36.8 Å². The van der Waals surface area contributed by atoms with Crippen LogP contribution >= 0.6 is 11.6 Å². The van der Waals surface area contributed by atoms with Gasteiger partial charge >= 0.3 is 0 Å². The van der Waals surface area contributed by atoms with Gasteiger partial charge in [0.05, 0.1) is 12.6 Å². The van der Waals surface area contributed by atoms with Crippen molar-refractivity contribution in [2.75, 3.05) is 24.4 Å². The number of aromatic nitrogens is 2. The SMILES string of the molecule is COCC(C)C1Nc2c(NC(C)(C)Cc3ccc(F)cc3)nc(Cl)nc2C1=O. The van der Waals surface area contributed by atoms with Gasteiger partial charge in [-0.05, 0) is 49.6 Å². The van der Waals surface area contributed by atoms with Crippen LogP contribution in [0.3, 0.4) is 0 Å². The van der Waals surface area contributed by atoms with E-state index >= 15 is 0 Å². The number of nitrogens with one attached hydrogen (secondary N) is 2. The Balaban J connectivity index is 1.85. The van der Waals surface area contributed by atoms with Gasteiger partial charge in [0.2, 0.25) is 11.1 Å². The monoisotopic (exact) mass is 406 g/mol. The lowest BCUT2D eigenvalue weighted by Gasteiger charge is -2.28. The van der Waals surface area contributed by atoms with Crippen LogP contribution < -0.4 is 10.6 Å². The summed E-state index contributed by atoms with van der Waals surface area (Å²) >= 11 is 6.08. The molecule has 28 heavy (non-hydrogen) atoms. The van der Waals surface area contributed by atoms with Gasteiger partial charge < -0.3 is 15.4 Å². The molecule has 0 bridgehead atoms. The Bertz CT molecular complexity index is 873. The molecule has 150 valence electrons. The molecule has 3 rings (SSSR count). The van der Waals surface area contributed by atoms with E-state index in [1.807, 2.05) is 20.8 Å². The van der Waals surface area contributed by atoms with Gasteiger partial charge in [-0.3, -0.25) is 4.79 Å². The molecule has 2 aromatic rings. The highest BCUT2D eigenvalue weighted by Crippen LogP contribution is 2.35. The van der Waals surface area contributed by atoms with Crippen molar-refractivity contribution in [1.82, 2.24) is 9.97 Å². The Kier molecular flexibility index (Phi) is 5.86. The Hall–Kier alpha value is -2.25. The number of nitrogens with zero attached hydrogens (tertiary/aromatic N) is 2. The summed E-state index contributed by atoms with van der Waals surface area (Å²) in [5, 5.41) is 6.60. The maximum atomic E-state index is 13.2. The molecular formula is C20H24ClFN4O2. The highest BCUT2D eigenvalue weighted by atomic mass is 35.5. The number of ketones is 1. The summed E-state index contributed by atoms with van der Waals surface area (Å²) in [6, 6.07) is 5.93. The fourth-order valence-electron chi connectivity index (χ4n) is 3.44. The fourth-order valence-corrected chi connectivity index (χ4v) is 3.61. The van der Waals surface area contributed by atoms with Crippen LogP contribution in [0, 0.1) is 11.7 Å². The van der Waals surface area contributed by atoms with Gasteiger partial charge in [0.1, 0.15) is 17.2 Å². The molecule has 0 fully saturated rings. The van der Waals surface area contributed by atoms with E-state index in [1.54, 1.807) is 19.2 Å². The average Bonchev–Trinajstić information content (AvgIpc) is 2.94. The minimum absolute atomic E-state index is 0.00836. The van der Waals surface area contributed by atoms with E-state index in [-0.39, 0.29) is 28.5 Å². The maximum Gasteiger partial charge on any atom is 0.225 e. The topological polar surface area (TPSA) is 76.1 Å². The molecule has 0 spiro atoms. The zero-order chi connectivity index (χ0) is 20.5. The van der Waals surface area contributed by atoms with Crippen molar-refractivity contribution in [2.45, 2.75) is 38.8 Å². The number of carbonyl (C=O) groups excluding carboxylic acids is 1. The number of methoxy groups -OCH3 is 1. The van der Waals surface area contributed by atoms with Gasteiger partial charge in [-0.2, -0.15) is 4.98 Å². The number of anilines is 2. The van der Waals surface area contributed by atoms with E-state index in [0.717, 1.165) is 5.56 Å². The first-order valence-electron chi connectivity index (χ1n) is 9.10. The summed E-state index contributed by atoms with van der Waals surface area (Å²) in [5.41, 5.74) is 1.39. The average molecular weight is 407 g/mol. The molecule has 1 aliphatic rings. The highest BCUT2D eigenvalue weighted by Gasteiger charge is 2.38. The summed E-state index contributed by atoms with van der Waals surface area (Å²) in [4.78, 5) is 21.2. The van der Waals surface area contributed by atoms with E-state index in [4.69, 9.17) is 16.3 Å². The molecule has 0 saturated heterocycles. The number of ether oxygens (including phenoxy) is 1. The predicted octanol–water partition coefficient (Wildman–Crippen LogP) is 3.96. The number of fused-ring (bicyclic) bond motifs is 1. The Morgan fingerprint density at radius 1 is 1.32 bits per heavy atom. The second-order valence-corrected chi connectivity index (χ2v) is 8.13. The second kappa shape index (κ2) is 8.01. The molecular weight excluding hydrogens is 383 g/mol. The molecule has 2 heterocycles. The van der Waals surface area contributed by atoms with Crippen LogP contribution in [-0.4, -0.2) is 41.0 Å². The number of hydrogen-bond acceptors (Lipinski definition) is 6. The third-order valence-electron chi connectivity index (χ3n) is 4.71. The van der Waals surface area contributed by atoms with E-state index in [0.29, 0.717) is 24.5 Å². The molecule has 6 nitrogen and oxygen atoms in total. The lowest BCUT2D eigenvalue weighted by Crippen LogP contribution is -2.35. The number of halogens is 2. The van der Waals surface area contributed by atoms with Gasteiger partial charge in [-0.1, -0.05) is 19.1 Å². The molecule has 0 aliphatic carbocycles. The van der Waals surface area contributed by atoms with Crippen LogP contribution in [0.5, 0.6) is 0 Å². The minimum Gasteiger partial charge on any atom is -0.384 e. The lowest BCUT2D eigenvalue weighted by molar-refractivity contribution is 0.0903. The highest BCUT2D eigenvalue weighted by molar-refractivity contribution is 6.29. The molecule has 1 aromatic carbocycles. The Morgan fingerprint density at radius 2 is 2.00 bits per heavy atom. The zero-order valence-electron chi connectivity index (χ0n) is 16.3. The van der Waals surface area contributed by atoms with Gasteiger partial charge in [-0.25, -0.2) is 9.37 Å². The van der Waals surface area contributed by atoms with Gasteiger partial charge in [0, 0.05) is 18.6 Å². The summed E-state index contributed by atoms with van der Waals surface area (Å²) in [7, 11) is 1.60. The van der Waals surface area contributed by atoms with E-state index in [2.05, 4.69) is 20.6 Å². The maximum absolute atomic E-state index is 13.2. The first kappa shape index (κ1) is 20.5. The van der Waals surface area contributed by atoms with Crippen LogP contribution in [0.4, 0.5) is 15.9 Å². The van der Waals surface area contributed by atoms with Crippen molar-refractivity contribution >= 4 is 28.9 Å². The van der Waals surface area contributed by atoms with Gasteiger partial charge in [0.15, 0.2) is 5.82 Å². The zero-order valence-corrected chi connectivity index (χ0v) is 17.1. The Labute approximate surface area is 168 Å². The lowest BCUT2D eigenvalue weighted by atomic mass is 9.95. The number of Topliss-reactive ketones (excluding diaryl/α,β-unsaturated/α-hetero) is 1. The summed E-state index contributed by atoms with van der Waals surface area (Å²) < 4.78 is 18.3. The number of rotatable bonds is 7. The first-order chi connectivity index (χ1) is 13.2. The smallest absolute Gasteiger partial charge is 0.225 e. The van der Waals surface area contributed by atoms with E-state index < -0.39 is 11.6 Å². The largest absolute Gasteiger partial charge is 0.384 e. The van der Waals surface area contributed by atoms with Crippen molar-refractivity contribution in [3.8, 4) is 0 Å². The van der Waals surface area contributed by atoms with Crippen LogP contribution in [0.2, 0.25) is 5.28 Å². The van der Waals surface area contributed by atoms with Gasteiger partial charge in [0.25, 0.3) is 0 Å². The summed E-state index contributed by atoms with van der Waals surface area (Å²) in [6.07, 6.45) is 0.626. The van der Waals surface area contributed by atoms with Crippen LogP contribution in [0.15, 0.2) is 24.3 Å². The van der Waals surface area contributed by atoms with Gasteiger partial charge in [-0.15, -0.1) is 0 Å². The molecule has 2 atom stereocenters. The fraction of sp³-hybridized carbons (Fsp3) is 0.450. The molecule has 0 saturated carbocycles. The molecule has 0 amide bonds. The minimum atomic E-state index is -0.441. The molecule has 1 aromatic heterocycles. The van der Waals surface area contributed by atoms with Crippen LogP contribution in [-0.2, 0) is 11.2 Å². The third kappa shape index (κ3) is 4.42. The Morgan fingerprint density at radius 3 is 2.64 bits per heavy atom. The van der Waals surface area contributed by atoms with Crippen molar-refractivity contribution in [2.24, 2.45) is 5.92 Å². The quantitative estimate of drug-likeness (QED) is 0.678. The molecule has 1 aliphatic heterocycles. The summed E-state index contributed by atoms with van der Waals surface area (Å²) in [5.74, 6) is 0.0465. The van der Waals surface area contributed by atoms with Crippen molar-refractivity contribution in [3.05, 3.63) is 46.6 Å². The summed E-state index contributed by atoms with van der Waals surface area (Å²) in [6.45, 7) is 6.38. The third-order valence-corrected chi connectivity index (χ3v) is 4.88. The van der Waals surface area contributed by atoms with Crippen LogP contribution in [0.25, 0.3) is 0 Å². The van der Waals surface area contributed by atoms with E-state index in [9.17, 15) is 9.18 Å². The second-order valence-electron chi connectivity index (χ2n) is 7.80. The predicted molar refractivity (Wildman–Crippen MR) is 108 cm³/mol. The molecule has 2 N–H and O–H groups in total. The molecule has 2 unspecified atom stereocenters. The van der Waals surface area contributed by atoms with E-state index in [1.165, 1.54) is 12.1 Å². The van der Waals surface area contributed by atoms with Crippen molar-refractivity contribution in [3.63, 3.8) is 0 Å². The standard InChI is InChI=1S/C20H24ClFN4O2/c1-11(10-28-4)14-17(27)15-16(23-14)18(25-19(21)24-15)26-20(2,3)9-12-5-7-13(22)8-6-12/h5-8,11,14,23H,9-10H2,1-4H3,(H,24,25,26). The number of benzene rings is 1. The number of carbonyl (C=O) groups is 1. The normalized spacial score (nSPS) is 17.2. The van der Waals surface area contributed by atoms with Crippen molar-refractivity contribution < 1.29 is 13.9 Å². The molecule has 8 heteroatoms. The van der Waals surface area contributed by atoms with Crippen molar-refractivity contribution in [1.29, 1.82) is 0 Å². The molecule has 0 radical (unpaired) electrons. The number of hydrogen-bond donors (Lipinski definition) is 2.